The summed E-state index contributed by atoms with van der Waals surface area (Å²) in [5.41, 5.74) is 0.250. The van der Waals surface area contributed by atoms with Crippen LogP contribution in [0.2, 0.25) is 0 Å². The standard InChI is InChI=1S/C14H21BrN2S/c1-14(2)9-17(7-12-5-11(15)8-18-12)13(6-16-14)10-3-4-10/h5,8,10,13,16H,3-4,6-7,9H2,1-2H3. The lowest BCUT2D eigenvalue weighted by molar-refractivity contribution is 0.0769. The Morgan fingerprint density at radius 2 is 2.28 bits per heavy atom. The van der Waals surface area contributed by atoms with Crippen LogP contribution >= 0.6 is 27.3 Å². The Balaban J connectivity index is 1.72. The van der Waals surface area contributed by atoms with Crippen LogP contribution in [0.5, 0.6) is 0 Å². The van der Waals surface area contributed by atoms with Crippen molar-refractivity contribution in [2.24, 2.45) is 5.92 Å². The topological polar surface area (TPSA) is 15.3 Å². The summed E-state index contributed by atoms with van der Waals surface area (Å²) in [6.07, 6.45) is 2.86. The predicted molar refractivity (Wildman–Crippen MR) is 81.0 cm³/mol. The average Bonchev–Trinajstić information content (AvgIpc) is 3.02. The zero-order valence-electron chi connectivity index (χ0n) is 11.1. The van der Waals surface area contributed by atoms with Crippen LogP contribution in [-0.2, 0) is 6.54 Å². The zero-order chi connectivity index (χ0) is 12.8. The summed E-state index contributed by atoms with van der Waals surface area (Å²) in [4.78, 5) is 4.18. The zero-order valence-corrected chi connectivity index (χ0v) is 13.5. The summed E-state index contributed by atoms with van der Waals surface area (Å²) in [7, 11) is 0. The van der Waals surface area contributed by atoms with Gasteiger partial charge in [0.1, 0.15) is 0 Å². The lowest BCUT2D eigenvalue weighted by atomic mass is 9.96. The number of nitrogens with zero attached hydrogens (tertiary/aromatic N) is 1. The minimum atomic E-state index is 0.250. The first kappa shape index (κ1) is 13.1. The van der Waals surface area contributed by atoms with E-state index >= 15 is 0 Å². The molecule has 2 fully saturated rings. The van der Waals surface area contributed by atoms with Crippen molar-refractivity contribution in [1.82, 2.24) is 10.2 Å². The van der Waals surface area contributed by atoms with Gasteiger partial charge in [0.2, 0.25) is 0 Å². The van der Waals surface area contributed by atoms with Gasteiger partial charge in [-0.25, -0.2) is 0 Å². The van der Waals surface area contributed by atoms with Crippen LogP contribution in [0, 0.1) is 5.92 Å². The van der Waals surface area contributed by atoms with Crippen molar-refractivity contribution < 1.29 is 0 Å². The molecule has 1 unspecified atom stereocenters. The summed E-state index contributed by atoms with van der Waals surface area (Å²) in [6.45, 7) is 8.05. The molecule has 1 aromatic rings. The Morgan fingerprint density at radius 1 is 1.50 bits per heavy atom. The fourth-order valence-corrected chi connectivity index (χ4v) is 4.42. The maximum absolute atomic E-state index is 3.70. The first-order valence-electron chi connectivity index (χ1n) is 6.75. The van der Waals surface area contributed by atoms with Gasteiger partial charge in [-0.1, -0.05) is 0 Å². The van der Waals surface area contributed by atoms with Crippen LogP contribution in [0.4, 0.5) is 0 Å². The lowest BCUT2D eigenvalue weighted by Gasteiger charge is -2.44. The van der Waals surface area contributed by atoms with E-state index in [-0.39, 0.29) is 5.54 Å². The average molecular weight is 329 g/mol. The molecule has 2 aliphatic rings. The van der Waals surface area contributed by atoms with Crippen LogP contribution in [0.1, 0.15) is 31.6 Å². The maximum atomic E-state index is 3.70. The third kappa shape index (κ3) is 2.98. The van der Waals surface area contributed by atoms with Crippen LogP contribution in [0.15, 0.2) is 15.9 Å². The molecule has 1 atom stereocenters. The second-order valence-electron chi connectivity index (χ2n) is 6.31. The number of hydrogen-bond acceptors (Lipinski definition) is 3. The van der Waals surface area contributed by atoms with Crippen LogP contribution in [0.3, 0.4) is 0 Å². The monoisotopic (exact) mass is 328 g/mol. The lowest BCUT2D eigenvalue weighted by Crippen LogP contribution is -2.61. The molecule has 1 aromatic heterocycles. The highest BCUT2D eigenvalue weighted by Gasteiger charge is 2.40. The minimum Gasteiger partial charge on any atom is -0.309 e. The summed E-state index contributed by atoms with van der Waals surface area (Å²) in [5.74, 6) is 0.942. The Morgan fingerprint density at radius 3 is 2.89 bits per heavy atom. The number of piperazine rings is 1. The Hall–Kier alpha value is 0.1000. The van der Waals surface area contributed by atoms with Crippen molar-refractivity contribution in [2.45, 2.75) is 44.8 Å². The molecule has 2 heterocycles. The van der Waals surface area contributed by atoms with Gasteiger partial charge in [0.25, 0.3) is 0 Å². The molecule has 1 N–H and O–H groups in total. The molecule has 0 bridgehead atoms. The van der Waals surface area contributed by atoms with E-state index in [9.17, 15) is 0 Å². The third-order valence-electron chi connectivity index (χ3n) is 4.00. The van der Waals surface area contributed by atoms with E-state index in [0.29, 0.717) is 0 Å². The fourth-order valence-electron chi connectivity index (χ4n) is 2.95. The van der Waals surface area contributed by atoms with E-state index in [4.69, 9.17) is 0 Å². The highest BCUT2D eigenvalue weighted by molar-refractivity contribution is 9.10. The normalized spacial score (nSPS) is 28.5. The van der Waals surface area contributed by atoms with Gasteiger partial charge in [-0.15, -0.1) is 11.3 Å². The van der Waals surface area contributed by atoms with E-state index in [1.165, 1.54) is 22.2 Å². The summed E-state index contributed by atoms with van der Waals surface area (Å²) in [6, 6.07) is 3.02. The molecule has 3 rings (SSSR count). The molecule has 1 saturated heterocycles. The second kappa shape index (κ2) is 4.89. The first-order valence-corrected chi connectivity index (χ1v) is 8.43. The van der Waals surface area contributed by atoms with Crippen molar-refractivity contribution in [3.8, 4) is 0 Å². The van der Waals surface area contributed by atoms with Crippen molar-refractivity contribution >= 4 is 27.3 Å². The van der Waals surface area contributed by atoms with Crippen molar-refractivity contribution in [2.75, 3.05) is 13.1 Å². The summed E-state index contributed by atoms with van der Waals surface area (Å²) < 4.78 is 1.22. The smallest absolute Gasteiger partial charge is 0.0332 e. The van der Waals surface area contributed by atoms with E-state index in [1.807, 2.05) is 11.3 Å². The molecule has 1 saturated carbocycles. The van der Waals surface area contributed by atoms with Gasteiger partial charge in [-0.2, -0.15) is 0 Å². The van der Waals surface area contributed by atoms with E-state index < -0.39 is 0 Å². The van der Waals surface area contributed by atoms with Crippen LogP contribution < -0.4 is 5.32 Å². The molecule has 2 nitrogen and oxygen atoms in total. The Kier molecular flexibility index (Phi) is 3.56. The van der Waals surface area contributed by atoms with Gasteiger partial charge < -0.3 is 5.32 Å². The number of rotatable bonds is 3. The molecule has 4 heteroatoms. The molecule has 0 spiro atoms. The number of thiophene rings is 1. The van der Waals surface area contributed by atoms with E-state index in [1.54, 1.807) is 0 Å². The van der Waals surface area contributed by atoms with E-state index in [0.717, 1.165) is 31.6 Å². The SMILES string of the molecule is CC1(C)CN(Cc2cc(Br)cs2)C(C2CC2)CN1. The Labute approximate surface area is 122 Å². The first-order chi connectivity index (χ1) is 8.53. The predicted octanol–water partition coefficient (Wildman–Crippen LogP) is 3.47. The fraction of sp³-hybridized carbons (Fsp3) is 0.714. The largest absolute Gasteiger partial charge is 0.309 e. The van der Waals surface area contributed by atoms with Gasteiger partial charge in [-0.05, 0) is 54.6 Å². The molecular weight excluding hydrogens is 308 g/mol. The third-order valence-corrected chi connectivity index (χ3v) is 5.69. The molecule has 1 aliphatic carbocycles. The maximum Gasteiger partial charge on any atom is 0.0332 e. The van der Waals surface area contributed by atoms with Gasteiger partial charge in [0.05, 0.1) is 0 Å². The molecule has 0 aromatic carbocycles. The molecule has 18 heavy (non-hydrogen) atoms. The summed E-state index contributed by atoms with van der Waals surface area (Å²) in [5, 5.41) is 5.89. The molecule has 0 radical (unpaired) electrons. The Bertz CT molecular complexity index is 425. The number of halogens is 1. The van der Waals surface area contributed by atoms with Crippen LogP contribution in [0.25, 0.3) is 0 Å². The van der Waals surface area contributed by atoms with Crippen molar-refractivity contribution in [3.05, 3.63) is 20.8 Å². The van der Waals surface area contributed by atoms with Crippen molar-refractivity contribution in [1.29, 1.82) is 0 Å². The highest BCUT2D eigenvalue weighted by atomic mass is 79.9. The van der Waals surface area contributed by atoms with Gasteiger partial charge >= 0.3 is 0 Å². The van der Waals surface area contributed by atoms with Gasteiger partial charge in [0, 0.05) is 45.9 Å². The van der Waals surface area contributed by atoms with Crippen molar-refractivity contribution in [3.63, 3.8) is 0 Å². The summed E-state index contributed by atoms with van der Waals surface area (Å²) >= 11 is 5.42. The number of hydrogen-bond donors (Lipinski definition) is 1. The highest BCUT2D eigenvalue weighted by Crippen LogP contribution is 2.38. The molecule has 1 aliphatic heterocycles. The quantitative estimate of drug-likeness (QED) is 0.913. The van der Waals surface area contributed by atoms with E-state index in [2.05, 4.69) is 51.4 Å². The van der Waals surface area contributed by atoms with Gasteiger partial charge in [0.15, 0.2) is 0 Å². The number of nitrogens with one attached hydrogen (secondary N) is 1. The second-order valence-corrected chi connectivity index (χ2v) is 8.22. The minimum absolute atomic E-state index is 0.250. The molecular formula is C14H21BrN2S. The molecule has 100 valence electrons. The van der Waals surface area contributed by atoms with Gasteiger partial charge in [-0.3, -0.25) is 4.90 Å². The molecule has 0 amide bonds. The van der Waals surface area contributed by atoms with Crippen LogP contribution in [-0.4, -0.2) is 29.6 Å².